The van der Waals surface area contributed by atoms with Gasteiger partial charge in [-0.3, -0.25) is 0 Å². The number of aromatic nitrogens is 1. The van der Waals surface area contributed by atoms with Gasteiger partial charge >= 0.3 is 5.97 Å². The lowest BCUT2D eigenvalue weighted by atomic mass is 10.0. The van der Waals surface area contributed by atoms with Crippen molar-refractivity contribution < 1.29 is 19.0 Å². The summed E-state index contributed by atoms with van der Waals surface area (Å²) in [4.78, 5) is 26.0. The largest absolute Gasteiger partial charge is 0.497 e. The Morgan fingerprint density at radius 2 is 1.61 bits per heavy atom. The van der Waals surface area contributed by atoms with Crippen LogP contribution in [-0.2, 0) is 4.74 Å². The normalized spacial score (nSPS) is 10.3. The topological polar surface area (TPSA) is 94.4 Å². The second kappa shape index (κ2) is 11.2. The highest BCUT2D eigenvalue weighted by Gasteiger charge is 2.17. The molecule has 8 heteroatoms. The molecule has 0 bridgehead atoms. The maximum atomic E-state index is 12.6. The third-order valence-corrected chi connectivity index (χ3v) is 5.45. The molecule has 0 spiro atoms. The van der Waals surface area contributed by atoms with Gasteiger partial charge in [-0.15, -0.1) is 0 Å². The molecule has 0 saturated heterocycles. The standard InChI is InChI=1S/C28H26N4O4/c1-5-36-28(33)25-16-23-18(2)6-15-24(30-17-29-19-7-11-21(34-3)12-8-19)26(23)27(32-25)31-20-9-13-22(35-4)14-10-20/h6-16H,5H2,1-4H3,(H,31,32). The van der Waals surface area contributed by atoms with Crippen LogP contribution in [0.1, 0.15) is 23.0 Å². The lowest BCUT2D eigenvalue weighted by molar-refractivity contribution is 0.0520. The molecule has 1 heterocycles. The Morgan fingerprint density at radius 3 is 2.25 bits per heavy atom. The first-order chi connectivity index (χ1) is 17.5. The number of nitrogens with zero attached hydrogens (tertiary/aromatic N) is 3. The smallest absolute Gasteiger partial charge is 0.357 e. The third kappa shape index (κ3) is 5.51. The number of rotatable bonds is 8. The monoisotopic (exact) mass is 482 g/mol. The Balaban J connectivity index is 1.83. The van der Waals surface area contributed by atoms with Gasteiger partial charge in [-0.2, -0.15) is 9.98 Å². The summed E-state index contributed by atoms with van der Waals surface area (Å²) >= 11 is 0. The number of esters is 1. The molecule has 0 unspecified atom stereocenters. The van der Waals surface area contributed by atoms with E-state index in [2.05, 4.69) is 26.3 Å². The molecule has 0 fully saturated rings. The second-order valence-electron chi connectivity index (χ2n) is 7.78. The highest BCUT2D eigenvalue weighted by molar-refractivity contribution is 6.06. The Morgan fingerprint density at radius 1 is 0.944 bits per heavy atom. The van der Waals surface area contributed by atoms with Gasteiger partial charge in [-0.1, -0.05) is 6.07 Å². The van der Waals surface area contributed by atoms with Crippen molar-refractivity contribution in [1.29, 1.82) is 0 Å². The zero-order chi connectivity index (χ0) is 25.5. The number of carbonyl (C=O) groups is 1. The summed E-state index contributed by atoms with van der Waals surface area (Å²) in [7, 11) is 3.22. The zero-order valence-corrected chi connectivity index (χ0v) is 20.5. The molecule has 0 aliphatic rings. The van der Waals surface area contributed by atoms with E-state index in [4.69, 9.17) is 14.2 Å². The molecule has 0 radical (unpaired) electrons. The summed E-state index contributed by atoms with van der Waals surface area (Å²) in [5.41, 5.74) is 3.23. The Labute approximate surface area is 209 Å². The molecule has 4 aromatic rings. The molecule has 0 aliphatic heterocycles. The predicted octanol–water partition coefficient (Wildman–Crippen LogP) is 6.62. The van der Waals surface area contributed by atoms with Crippen molar-refractivity contribution in [2.75, 3.05) is 26.1 Å². The molecule has 36 heavy (non-hydrogen) atoms. The first kappa shape index (κ1) is 24.4. The summed E-state index contributed by atoms with van der Waals surface area (Å²) in [6.07, 6.45) is 0. The fraction of sp³-hybridized carbons (Fsp3) is 0.179. The maximum absolute atomic E-state index is 12.6. The summed E-state index contributed by atoms with van der Waals surface area (Å²) in [5, 5.41) is 4.87. The Hall–Kier alpha value is -4.68. The predicted molar refractivity (Wildman–Crippen MR) is 141 cm³/mol. The maximum Gasteiger partial charge on any atom is 0.357 e. The van der Waals surface area contributed by atoms with Crippen LogP contribution in [0.15, 0.2) is 76.7 Å². The fourth-order valence-electron chi connectivity index (χ4n) is 3.59. The van der Waals surface area contributed by atoms with Gasteiger partial charge in [0, 0.05) is 5.69 Å². The minimum atomic E-state index is -0.494. The van der Waals surface area contributed by atoms with Crippen molar-refractivity contribution in [1.82, 2.24) is 4.98 Å². The molecule has 1 N–H and O–H groups in total. The van der Waals surface area contributed by atoms with Crippen LogP contribution in [0.4, 0.5) is 22.9 Å². The number of aliphatic imine (C=N–C) groups is 2. The summed E-state index contributed by atoms with van der Waals surface area (Å²) < 4.78 is 15.6. The number of hydrogen-bond donors (Lipinski definition) is 1. The van der Waals surface area contributed by atoms with Gasteiger partial charge in [0.1, 0.15) is 23.3 Å². The van der Waals surface area contributed by atoms with Crippen molar-refractivity contribution in [2.24, 2.45) is 9.98 Å². The first-order valence-corrected chi connectivity index (χ1v) is 11.4. The van der Waals surface area contributed by atoms with E-state index in [-0.39, 0.29) is 12.3 Å². The third-order valence-electron chi connectivity index (χ3n) is 5.45. The van der Waals surface area contributed by atoms with Crippen molar-refractivity contribution in [3.8, 4) is 11.5 Å². The second-order valence-corrected chi connectivity index (χ2v) is 7.78. The molecular formula is C28H26N4O4. The van der Waals surface area contributed by atoms with Gasteiger partial charge in [0.15, 0.2) is 5.69 Å². The average Bonchev–Trinajstić information content (AvgIpc) is 2.91. The minimum Gasteiger partial charge on any atom is -0.497 e. The van der Waals surface area contributed by atoms with E-state index in [1.54, 1.807) is 27.2 Å². The van der Waals surface area contributed by atoms with Gasteiger partial charge in [0.25, 0.3) is 0 Å². The molecule has 1 aromatic heterocycles. The number of fused-ring (bicyclic) bond motifs is 1. The van der Waals surface area contributed by atoms with Crippen LogP contribution >= 0.6 is 0 Å². The number of carbonyl (C=O) groups excluding carboxylic acids is 1. The Kier molecular flexibility index (Phi) is 7.58. The number of pyridine rings is 1. The molecule has 182 valence electrons. The number of benzene rings is 3. The van der Waals surface area contributed by atoms with Crippen LogP contribution in [0.3, 0.4) is 0 Å². The number of hydrogen-bond acceptors (Lipinski definition) is 8. The molecular weight excluding hydrogens is 456 g/mol. The van der Waals surface area contributed by atoms with Gasteiger partial charge in [-0.05, 0) is 85.5 Å². The minimum absolute atomic E-state index is 0.205. The van der Waals surface area contributed by atoms with Crippen molar-refractivity contribution in [3.63, 3.8) is 0 Å². The van der Waals surface area contributed by atoms with Crippen LogP contribution < -0.4 is 14.8 Å². The summed E-state index contributed by atoms with van der Waals surface area (Å²) in [5.74, 6) is 1.45. The molecule has 8 nitrogen and oxygen atoms in total. The molecule has 0 saturated carbocycles. The van der Waals surface area contributed by atoms with Crippen molar-refractivity contribution >= 4 is 45.6 Å². The highest BCUT2D eigenvalue weighted by atomic mass is 16.5. The number of ether oxygens (including phenoxy) is 3. The highest BCUT2D eigenvalue weighted by Crippen LogP contribution is 2.36. The fourth-order valence-corrected chi connectivity index (χ4v) is 3.59. The van der Waals surface area contributed by atoms with E-state index in [9.17, 15) is 4.79 Å². The molecule has 4 rings (SSSR count). The quantitative estimate of drug-likeness (QED) is 0.224. The van der Waals surface area contributed by atoms with Gasteiger partial charge < -0.3 is 19.5 Å². The number of aryl methyl sites for hydroxylation is 1. The van der Waals surface area contributed by atoms with E-state index in [1.165, 1.54) is 0 Å². The lowest BCUT2D eigenvalue weighted by Gasteiger charge is -2.14. The summed E-state index contributed by atoms with van der Waals surface area (Å²) in [6, 6.07) is 23.0. The van der Waals surface area contributed by atoms with Gasteiger partial charge in [0.2, 0.25) is 0 Å². The molecule has 3 aromatic carbocycles. The Bertz CT molecular complexity index is 1440. The first-order valence-electron chi connectivity index (χ1n) is 11.4. The number of nitrogens with one attached hydrogen (secondary N) is 1. The van der Waals surface area contributed by atoms with Crippen LogP contribution in [-0.4, -0.2) is 37.8 Å². The van der Waals surface area contributed by atoms with Crippen LogP contribution in [0.25, 0.3) is 10.8 Å². The number of methoxy groups -OCH3 is 2. The van der Waals surface area contributed by atoms with Crippen molar-refractivity contribution in [2.45, 2.75) is 13.8 Å². The van der Waals surface area contributed by atoms with E-state index in [1.807, 2.05) is 67.6 Å². The zero-order valence-electron chi connectivity index (χ0n) is 20.5. The molecule has 0 amide bonds. The number of anilines is 2. The van der Waals surface area contributed by atoms with Gasteiger partial charge in [0.05, 0.1) is 37.6 Å². The van der Waals surface area contributed by atoms with E-state index in [0.717, 1.165) is 33.5 Å². The molecule has 0 atom stereocenters. The van der Waals surface area contributed by atoms with E-state index in [0.29, 0.717) is 17.2 Å². The summed E-state index contributed by atoms with van der Waals surface area (Å²) in [6.45, 7) is 3.98. The van der Waals surface area contributed by atoms with Gasteiger partial charge in [-0.25, -0.2) is 9.78 Å². The SMILES string of the molecule is CCOC(=O)c1cc2c(C)ccc(N=C=Nc3ccc(OC)cc3)c2c(Nc2ccc(OC)cc2)n1. The van der Waals surface area contributed by atoms with Crippen LogP contribution in [0, 0.1) is 6.92 Å². The average molecular weight is 483 g/mol. The van der Waals surface area contributed by atoms with Crippen molar-refractivity contribution in [3.05, 3.63) is 78.0 Å². The molecule has 0 aliphatic carbocycles. The van der Waals surface area contributed by atoms with Crippen LogP contribution in [0.2, 0.25) is 0 Å². The van der Waals surface area contributed by atoms with E-state index >= 15 is 0 Å². The lowest BCUT2D eigenvalue weighted by Crippen LogP contribution is -2.09. The van der Waals surface area contributed by atoms with E-state index < -0.39 is 5.97 Å². The van der Waals surface area contributed by atoms with Crippen LogP contribution in [0.5, 0.6) is 11.5 Å².